The zero-order valence-corrected chi connectivity index (χ0v) is 36.2. The van der Waals surface area contributed by atoms with E-state index in [1.54, 1.807) is 36.7 Å². The zero-order valence-electron chi connectivity index (χ0n) is 36.2. The van der Waals surface area contributed by atoms with Crippen molar-refractivity contribution in [3.05, 3.63) is 95.1 Å². The highest BCUT2D eigenvalue weighted by Gasteiger charge is 2.64. The molecule has 2 saturated carbocycles. The number of aromatic nitrogens is 2. The Labute approximate surface area is 366 Å². The van der Waals surface area contributed by atoms with Gasteiger partial charge >= 0.3 is 0 Å². The molecule has 5 heterocycles. The standard InChI is InChI=1S/C48H52N8O7/c1-47(2)45(48(3,4)46(47)63-37-14-12-35(49-5)40-33(37)8-7-19-50-40)53-41(58)28-9-15-38(51-25-28)55-20-17-27(18-21-55)26-54(6)29-22-31(23-29)62-30-10-11-32-34(24-30)44(61)56(43(32)60)36-13-16-39(57)52-42(36)59/h7-12,14-15,19,24-25,27,29,31,36,45-46H,13,16-18,20-23,26H2,1-4,6H3,(H,53,58)(H,52,57,59). The monoisotopic (exact) mass is 852 g/mol. The molecule has 0 bridgehead atoms. The van der Waals surface area contributed by atoms with Crippen LogP contribution in [0.3, 0.4) is 0 Å². The summed E-state index contributed by atoms with van der Waals surface area (Å²) in [7, 11) is 2.16. The highest BCUT2D eigenvalue weighted by molar-refractivity contribution is 6.23. The van der Waals surface area contributed by atoms with Crippen molar-refractivity contribution in [1.29, 1.82) is 0 Å². The summed E-state index contributed by atoms with van der Waals surface area (Å²) in [5.41, 5.74) is 1.30. The number of hydrogen-bond donors (Lipinski definition) is 2. The molecular formula is C48H52N8O7. The van der Waals surface area contributed by atoms with Gasteiger partial charge in [0.15, 0.2) is 0 Å². The van der Waals surface area contributed by atoms with E-state index in [9.17, 15) is 24.0 Å². The first-order valence-electron chi connectivity index (χ1n) is 21.8. The third-order valence-electron chi connectivity index (χ3n) is 14.1. The number of rotatable bonds is 11. The van der Waals surface area contributed by atoms with Crippen LogP contribution in [-0.2, 0) is 9.59 Å². The Hall–Kier alpha value is -6.40. The number of pyridine rings is 2. The van der Waals surface area contributed by atoms with Gasteiger partial charge in [0.25, 0.3) is 17.7 Å². The van der Waals surface area contributed by atoms with E-state index in [0.29, 0.717) is 40.2 Å². The summed E-state index contributed by atoms with van der Waals surface area (Å²) in [4.78, 5) is 82.3. The van der Waals surface area contributed by atoms with Crippen LogP contribution in [-0.4, -0.2) is 106 Å². The fourth-order valence-electron chi connectivity index (χ4n) is 10.8. The van der Waals surface area contributed by atoms with Crippen LogP contribution in [0.25, 0.3) is 15.7 Å². The fourth-order valence-corrected chi connectivity index (χ4v) is 10.8. The number of fused-ring (bicyclic) bond motifs is 2. The van der Waals surface area contributed by atoms with E-state index in [4.69, 9.17) is 21.0 Å². The largest absolute Gasteiger partial charge is 0.490 e. The lowest BCUT2D eigenvalue weighted by Gasteiger charge is -2.63. The molecular weight excluding hydrogens is 801 g/mol. The van der Waals surface area contributed by atoms with Crippen molar-refractivity contribution in [1.82, 2.24) is 30.4 Å². The average Bonchev–Trinajstić information content (AvgIpc) is 3.50. The molecule has 2 aromatic carbocycles. The van der Waals surface area contributed by atoms with Gasteiger partial charge in [-0.2, -0.15) is 0 Å². The molecule has 5 aliphatic rings. The van der Waals surface area contributed by atoms with Crippen LogP contribution in [0.1, 0.15) is 97.3 Å². The summed E-state index contributed by atoms with van der Waals surface area (Å²) in [6.45, 7) is 18.7. The van der Waals surface area contributed by atoms with Crippen LogP contribution in [0, 0.1) is 23.3 Å². The number of carbonyl (C=O) groups is 5. The number of anilines is 1. The van der Waals surface area contributed by atoms with Crippen molar-refractivity contribution < 1.29 is 33.4 Å². The van der Waals surface area contributed by atoms with Gasteiger partial charge in [-0.1, -0.05) is 33.8 Å². The number of piperidine rings is 2. The van der Waals surface area contributed by atoms with Crippen molar-refractivity contribution in [2.75, 3.05) is 31.6 Å². The minimum absolute atomic E-state index is 0.00975. The quantitative estimate of drug-likeness (QED) is 0.135. The first-order valence-corrected chi connectivity index (χ1v) is 21.8. The van der Waals surface area contributed by atoms with Crippen LogP contribution in [0.2, 0.25) is 0 Å². The SMILES string of the molecule is [C-]#[N+]c1ccc(OC2C(C)(C)C(NC(=O)c3ccc(N4CCC(CN(C)C5CC(Oc6ccc7c(c6)C(=O)N(C6CCC(=O)NC6=O)C7=O)C5)CC4)nc3)C2(C)C)c2cccnc12. The minimum Gasteiger partial charge on any atom is -0.490 e. The number of carbonyl (C=O) groups excluding carboxylic acids is 5. The second kappa shape index (κ2) is 16.1. The Morgan fingerprint density at radius 1 is 0.937 bits per heavy atom. The van der Waals surface area contributed by atoms with Crippen LogP contribution in [0.15, 0.2) is 67.0 Å². The number of nitrogens with zero attached hydrogens (tertiary/aromatic N) is 6. The molecule has 4 fully saturated rings. The molecule has 2 aliphatic carbocycles. The molecule has 2 saturated heterocycles. The number of hydrogen-bond acceptors (Lipinski definition) is 11. The predicted molar refractivity (Wildman–Crippen MR) is 234 cm³/mol. The van der Waals surface area contributed by atoms with Gasteiger partial charge in [-0.3, -0.25) is 39.2 Å². The normalized spacial score (nSPS) is 25.2. The highest BCUT2D eigenvalue weighted by atomic mass is 16.5. The molecule has 0 spiro atoms. The molecule has 2 N–H and O–H groups in total. The second-order valence-corrected chi connectivity index (χ2v) is 18.9. The van der Waals surface area contributed by atoms with E-state index in [0.717, 1.165) is 61.4 Å². The first-order chi connectivity index (χ1) is 30.1. The van der Waals surface area contributed by atoms with Crippen molar-refractivity contribution in [3.8, 4) is 11.5 Å². The van der Waals surface area contributed by atoms with Gasteiger partial charge < -0.3 is 24.6 Å². The first kappa shape index (κ1) is 41.9. The molecule has 2 aromatic heterocycles. The molecule has 0 radical (unpaired) electrons. The Bertz CT molecular complexity index is 2540. The van der Waals surface area contributed by atoms with Gasteiger partial charge in [-0.25, -0.2) is 9.83 Å². The van der Waals surface area contributed by atoms with E-state index in [1.807, 2.05) is 30.3 Å². The fraction of sp³-hybridized carbons (Fsp3) is 0.458. The van der Waals surface area contributed by atoms with Gasteiger partial charge in [0.2, 0.25) is 17.5 Å². The Balaban J connectivity index is 0.722. The van der Waals surface area contributed by atoms with E-state index in [2.05, 4.69) is 65.0 Å². The molecule has 15 heteroatoms. The molecule has 5 amide bonds. The van der Waals surface area contributed by atoms with E-state index in [-0.39, 0.29) is 59.0 Å². The van der Waals surface area contributed by atoms with Crippen molar-refractivity contribution in [2.24, 2.45) is 16.7 Å². The number of amides is 5. The van der Waals surface area contributed by atoms with E-state index < -0.39 is 29.7 Å². The van der Waals surface area contributed by atoms with Crippen LogP contribution >= 0.6 is 0 Å². The lowest BCUT2D eigenvalue weighted by atomic mass is 9.49. The lowest BCUT2D eigenvalue weighted by molar-refractivity contribution is -0.163. The molecule has 3 aliphatic heterocycles. The lowest BCUT2D eigenvalue weighted by Crippen LogP contribution is -2.74. The highest BCUT2D eigenvalue weighted by Crippen LogP contribution is 2.56. The smallest absolute Gasteiger partial charge is 0.262 e. The Kier molecular flexibility index (Phi) is 10.7. The summed E-state index contributed by atoms with van der Waals surface area (Å²) in [6.07, 6.45) is 7.09. The average molecular weight is 853 g/mol. The van der Waals surface area contributed by atoms with E-state index >= 15 is 0 Å². The summed E-state index contributed by atoms with van der Waals surface area (Å²) >= 11 is 0. The second-order valence-electron chi connectivity index (χ2n) is 18.9. The third kappa shape index (κ3) is 7.53. The van der Waals surface area contributed by atoms with Gasteiger partial charge in [0.05, 0.1) is 28.8 Å². The van der Waals surface area contributed by atoms with Crippen LogP contribution in [0.5, 0.6) is 11.5 Å². The number of imide groups is 2. The molecule has 1 unspecified atom stereocenters. The predicted octanol–water partition coefficient (Wildman–Crippen LogP) is 5.95. The molecule has 4 aromatic rings. The van der Waals surface area contributed by atoms with Gasteiger partial charge in [-0.15, -0.1) is 0 Å². The maximum Gasteiger partial charge on any atom is 0.262 e. The van der Waals surface area contributed by atoms with Crippen molar-refractivity contribution in [3.63, 3.8) is 0 Å². The molecule has 9 rings (SSSR count). The molecule has 63 heavy (non-hydrogen) atoms. The van der Waals surface area contributed by atoms with Crippen LogP contribution in [0.4, 0.5) is 11.5 Å². The summed E-state index contributed by atoms with van der Waals surface area (Å²) in [5, 5.41) is 6.30. The summed E-state index contributed by atoms with van der Waals surface area (Å²) in [5.74, 6) is 0.311. The number of ether oxygens (including phenoxy) is 2. The van der Waals surface area contributed by atoms with Crippen molar-refractivity contribution in [2.45, 2.75) is 96.6 Å². The maximum absolute atomic E-state index is 13.6. The maximum atomic E-state index is 13.6. The topological polar surface area (TPSA) is 168 Å². The Morgan fingerprint density at radius 3 is 2.38 bits per heavy atom. The van der Waals surface area contributed by atoms with Gasteiger partial charge in [0, 0.05) is 79.6 Å². The summed E-state index contributed by atoms with van der Waals surface area (Å²) < 4.78 is 12.9. The van der Waals surface area contributed by atoms with Gasteiger partial charge in [-0.05, 0) is 80.8 Å². The molecule has 1 atom stereocenters. The van der Waals surface area contributed by atoms with E-state index in [1.165, 1.54) is 0 Å². The Morgan fingerprint density at radius 2 is 1.68 bits per heavy atom. The zero-order chi connectivity index (χ0) is 44.4. The summed E-state index contributed by atoms with van der Waals surface area (Å²) in [6, 6.07) is 15.2. The van der Waals surface area contributed by atoms with Crippen LogP contribution < -0.4 is 25.0 Å². The molecule has 15 nitrogen and oxygen atoms in total. The number of nitrogens with one attached hydrogen (secondary N) is 2. The minimum atomic E-state index is -1.00. The molecule has 326 valence electrons. The van der Waals surface area contributed by atoms with Gasteiger partial charge in [0.1, 0.15) is 35.6 Å². The third-order valence-corrected chi connectivity index (χ3v) is 14.1. The van der Waals surface area contributed by atoms with Crippen molar-refractivity contribution >= 4 is 51.9 Å². The number of benzene rings is 2.